The number of aliphatic carboxylic acids is 1. The number of aromatic nitrogens is 1. The van der Waals surface area contributed by atoms with Gasteiger partial charge < -0.3 is 25.0 Å². The second kappa shape index (κ2) is 13.8. The van der Waals surface area contributed by atoms with E-state index in [4.69, 9.17) is 4.74 Å². The van der Waals surface area contributed by atoms with Crippen LogP contribution < -0.4 is 26.7 Å². The Labute approximate surface area is 222 Å². The van der Waals surface area contributed by atoms with Gasteiger partial charge in [0.2, 0.25) is 5.43 Å². The first kappa shape index (κ1) is 29.6. The molecule has 12 nitrogen and oxygen atoms in total. The van der Waals surface area contributed by atoms with Crippen molar-refractivity contribution in [1.82, 2.24) is 25.8 Å². The van der Waals surface area contributed by atoms with E-state index in [1.54, 1.807) is 6.21 Å². The number of aliphatic imine (C=N–C) groups is 1. The van der Waals surface area contributed by atoms with E-state index in [0.29, 0.717) is 6.42 Å². The van der Waals surface area contributed by atoms with Crippen molar-refractivity contribution < 1.29 is 33.0 Å². The van der Waals surface area contributed by atoms with E-state index in [-0.39, 0.29) is 42.3 Å². The van der Waals surface area contributed by atoms with Crippen LogP contribution in [-0.2, 0) is 23.0 Å². The third-order valence-electron chi connectivity index (χ3n) is 6.06. The summed E-state index contributed by atoms with van der Waals surface area (Å²) in [5.74, 6) is -4.27. The van der Waals surface area contributed by atoms with E-state index in [1.807, 2.05) is 6.92 Å². The van der Waals surface area contributed by atoms with E-state index in [1.165, 1.54) is 11.6 Å². The van der Waals surface area contributed by atoms with Gasteiger partial charge in [0.05, 0.1) is 17.5 Å². The lowest BCUT2D eigenvalue weighted by molar-refractivity contribution is -0.139. The van der Waals surface area contributed by atoms with Crippen LogP contribution in [0.5, 0.6) is 0 Å². The molecule has 39 heavy (non-hydrogen) atoms. The van der Waals surface area contributed by atoms with Gasteiger partial charge in [0, 0.05) is 44.7 Å². The molecule has 0 radical (unpaired) electrons. The minimum absolute atomic E-state index is 0.0117. The molecule has 212 valence electrons. The fourth-order valence-electron chi connectivity index (χ4n) is 3.98. The number of rotatable bonds is 12. The zero-order chi connectivity index (χ0) is 28.5. The van der Waals surface area contributed by atoms with Crippen molar-refractivity contribution in [2.45, 2.75) is 44.9 Å². The number of carbonyl (C=O) groups is 3. The van der Waals surface area contributed by atoms with Crippen LogP contribution in [-0.4, -0.2) is 72.4 Å². The Kier molecular flexibility index (Phi) is 10.5. The largest absolute Gasteiger partial charge is 0.480 e. The number of fused-ring (bicyclic) bond motifs is 1. The maximum absolute atomic E-state index is 15.4. The number of carbonyl (C=O) groups excluding carboxylic acids is 2. The molecule has 0 bridgehead atoms. The number of amides is 2. The van der Waals surface area contributed by atoms with E-state index in [9.17, 15) is 28.7 Å². The van der Waals surface area contributed by atoms with Crippen LogP contribution in [0.1, 0.15) is 42.1 Å². The third-order valence-corrected chi connectivity index (χ3v) is 6.06. The standard InChI is InChI=1S/C25H32F2N6O6/c1-3-4-10-39-25(38)32-18(23(36)37)12-31-22(35)16-13-33(2)20-15(21(16)34)11-17(26)14(19(20)27)6-9-30-24-28-7-5-8-29-24/h7,11,13,18,24,29-30H,3-6,8-10,12H2,1-2H3,(H,31,35)(H,32,38)(H,36,37). The number of nitrogens with zero attached hydrogens (tertiary/aromatic N) is 2. The molecule has 2 heterocycles. The molecule has 0 saturated carbocycles. The number of carboxylic acid groups (broad SMARTS) is 1. The van der Waals surface area contributed by atoms with Crippen LogP contribution in [0, 0.1) is 11.6 Å². The fourth-order valence-corrected chi connectivity index (χ4v) is 3.98. The summed E-state index contributed by atoms with van der Waals surface area (Å²) in [6.45, 7) is 2.38. The number of unbranched alkanes of at least 4 members (excludes halogenated alkanes) is 1. The smallest absolute Gasteiger partial charge is 0.407 e. The molecule has 0 spiro atoms. The van der Waals surface area contributed by atoms with Crippen molar-refractivity contribution in [3.63, 3.8) is 0 Å². The minimum Gasteiger partial charge on any atom is -0.480 e. The van der Waals surface area contributed by atoms with Crippen LogP contribution in [0.15, 0.2) is 22.1 Å². The maximum Gasteiger partial charge on any atom is 0.407 e. The average Bonchev–Trinajstić information content (AvgIpc) is 2.90. The number of hydrogen-bond donors (Lipinski definition) is 5. The number of benzene rings is 1. The number of nitrogens with one attached hydrogen (secondary N) is 4. The number of pyridine rings is 1. The van der Waals surface area contributed by atoms with E-state index in [2.05, 4.69) is 26.3 Å². The Morgan fingerprint density at radius 3 is 2.77 bits per heavy atom. The van der Waals surface area contributed by atoms with E-state index in [0.717, 1.165) is 31.6 Å². The predicted molar refractivity (Wildman–Crippen MR) is 139 cm³/mol. The van der Waals surface area contributed by atoms with Crippen molar-refractivity contribution in [3.05, 3.63) is 45.2 Å². The lowest BCUT2D eigenvalue weighted by atomic mass is 10.0. The molecule has 1 aromatic carbocycles. The zero-order valence-corrected chi connectivity index (χ0v) is 21.7. The monoisotopic (exact) mass is 550 g/mol. The third kappa shape index (κ3) is 7.57. The van der Waals surface area contributed by atoms with Gasteiger partial charge in [0.1, 0.15) is 17.4 Å². The van der Waals surface area contributed by atoms with E-state index >= 15 is 4.39 Å². The molecule has 2 unspecified atom stereocenters. The molecule has 1 aliphatic heterocycles. The molecule has 1 aromatic heterocycles. The van der Waals surface area contributed by atoms with Gasteiger partial charge in [-0.15, -0.1) is 0 Å². The molecule has 0 aliphatic carbocycles. The Morgan fingerprint density at radius 1 is 1.33 bits per heavy atom. The van der Waals surface area contributed by atoms with Crippen LogP contribution in [0.4, 0.5) is 13.6 Å². The number of alkyl carbamates (subject to hydrolysis) is 1. The number of carboxylic acids is 1. The van der Waals surface area contributed by atoms with Crippen molar-refractivity contribution in [1.29, 1.82) is 0 Å². The topological polar surface area (TPSA) is 163 Å². The quantitative estimate of drug-likeness (QED) is 0.245. The fraction of sp³-hybridized carbons (Fsp3) is 0.480. The van der Waals surface area contributed by atoms with Crippen molar-refractivity contribution in [2.24, 2.45) is 12.0 Å². The summed E-state index contributed by atoms with van der Waals surface area (Å²) in [5, 5.41) is 19.5. The van der Waals surface area contributed by atoms with Crippen LogP contribution in [0.2, 0.25) is 0 Å². The summed E-state index contributed by atoms with van der Waals surface area (Å²) in [4.78, 5) is 53.2. The first-order valence-electron chi connectivity index (χ1n) is 12.6. The SMILES string of the molecule is CCCCOC(=O)NC(CNC(=O)c1cn(C)c2c(F)c(CCNC3N=CCCN3)c(F)cc2c1=O)C(=O)O. The number of hydrogen-bond acceptors (Lipinski definition) is 8. The Morgan fingerprint density at radius 2 is 2.10 bits per heavy atom. The lowest BCUT2D eigenvalue weighted by Gasteiger charge is -2.19. The highest BCUT2D eigenvalue weighted by Crippen LogP contribution is 2.23. The predicted octanol–water partition coefficient (Wildman–Crippen LogP) is 1.01. The first-order valence-corrected chi connectivity index (χ1v) is 12.6. The van der Waals surface area contributed by atoms with Crippen molar-refractivity contribution in [3.8, 4) is 0 Å². The minimum atomic E-state index is -1.53. The molecule has 2 aromatic rings. The van der Waals surface area contributed by atoms with Crippen LogP contribution in [0.25, 0.3) is 10.9 Å². The van der Waals surface area contributed by atoms with Gasteiger partial charge in [-0.3, -0.25) is 25.2 Å². The molecule has 0 saturated heterocycles. The summed E-state index contributed by atoms with van der Waals surface area (Å²) >= 11 is 0. The Balaban J connectivity index is 1.75. The summed E-state index contributed by atoms with van der Waals surface area (Å²) in [6.07, 6.45) is 3.69. The summed E-state index contributed by atoms with van der Waals surface area (Å²) in [6, 6.07) is -0.648. The summed E-state index contributed by atoms with van der Waals surface area (Å²) in [5.41, 5.74) is -1.78. The Hall–Kier alpha value is -3.91. The molecule has 1 aliphatic rings. The molecular formula is C25H32F2N6O6. The van der Waals surface area contributed by atoms with Gasteiger partial charge >= 0.3 is 12.1 Å². The zero-order valence-electron chi connectivity index (χ0n) is 21.7. The molecule has 2 atom stereocenters. The highest BCUT2D eigenvalue weighted by atomic mass is 19.1. The second-order valence-corrected chi connectivity index (χ2v) is 8.95. The summed E-state index contributed by atoms with van der Waals surface area (Å²) < 4.78 is 36.3. The van der Waals surface area contributed by atoms with Crippen LogP contribution >= 0.6 is 0 Å². The normalized spacial score (nSPS) is 15.6. The molecule has 5 N–H and O–H groups in total. The number of aryl methyl sites for hydroxylation is 1. The van der Waals surface area contributed by atoms with Crippen LogP contribution in [0.3, 0.4) is 0 Å². The summed E-state index contributed by atoms with van der Waals surface area (Å²) in [7, 11) is 1.40. The molecule has 14 heteroatoms. The number of ether oxygens (including phenoxy) is 1. The van der Waals surface area contributed by atoms with Gasteiger partial charge in [-0.1, -0.05) is 13.3 Å². The number of halogens is 2. The van der Waals surface area contributed by atoms with Gasteiger partial charge in [0.25, 0.3) is 5.91 Å². The first-order chi connectivity index (χ1) is 18.6. The van der Waals surface area contributed by atoms with Gasteiger partial charge in [-0.05, 0) is 25.3 Å². The Bertz CT molecular complexity index is 1310. The van der Waals surface area contributed by atoms with E-state index < -0.39 is 53.2 Å². The van der Waals surface area contributed by atoms with Crippen molar-refractivity contribution >= 4 is 35.1 Å². The average molecular weight is 551 g/mol. The van der Waals surface area contributed by atoms with Crippen molar-refractivity contribution in [2.75, 3.05) is 26.2 Å². The van der Waals surface area contributed by atoms with Gasteiger partial charge in [-0.25, -0.2) is 18.4 Å². The highest BCUT2D eigenvalue weighted by molar-refractivity contribution is 5.97. The molecule has 3 rings (SSSR count). The highest BCUT2D eigenvalue weighted by Gasteiger charge is 2.25. The molecular weight excluding hydrogens is 518 g/mol. The van der Waals surface area contributed by atoms with Gasteiger partial charge in [0.15, 0.2) is 12.1 Å². The molecule has 2 amide bonds. The maximum atomic E-state index is 15.4. The lowest BCUT2D eigenvalue weighted by Crippen LogP contribution is -2.49. The second-order valence-electron chi connectivity index (χ2n) is 8.95. The molecule has 0 fully saturated rings. The van der Waals surface area contributed by atoms with Gasteiger partial charge in [-0.2, -0.15) is 0 Å².